The van der Waals surface area contributed by atoms with Crippen LogP contribution in [0.1, 0.15) is 25.6 Å². The lowest BCUT2D eigenvalue weighted by Gasteiger charge is -2.21. The summed E-state index contributed by atoms with van der Waals surface area (Å²) in [5.74, 6) is 1.33. The van der Waals surface area contributed by atoms with Gasteiger partial charge in [-0.05, 0) is 31.8 Å². The summed E-state index contributed by atoms with van der Waals surface area (Å²) in [6, 6.07) is 0. The van der Waals surface area contributed by atoms with Gasteiger partial charge in [0, 0.05) is 6.42 Å². The molecule has 15 heavy (non-hydrogen) atoms. The zero-order valence-electron chi connectivity index (χ0n) is 9.12. The molecule has 2 heterocycles. The third-order valence-corrected chi connectivity index (χ3v) is 2.89. The van der Waals surface area contributed by atoms with Gasteiger partial charge in [0.15, 0.2) is 0 Å². The second-order valence-electron chi connectivity index (χ2n) is 4.12. The Kier molecular flexibility index (Phi) is 3.20. The Hall–Kier alpha value is -1.10. The molecule has 1 aliphatic rings. The number of aromatic nitrogens is 3. The first-order valence-electron chi connectivity index (χ1n) is 5.66. The second-order valence-corrected chi connectivity index (χ2v) is 4.12. The maximum atomic E-state index is 11.5. The monoisotopic (exact) mass is 210 g/mol. The molecule has 1 aromatic heterocycles. The van der Waals surface area contributed by atoms with E-state index in [1.807, 2.05) is 6.92 Å². The Labute approximate surface area is 88.9 Å². The highest BCUT2D eigenvalue weighted by Crippen LogP contribution is 2.10. The molecule has 0 saturated carbocycles. The smallest absolute Gasteiger partial charge is 0.316 e. The van der Waals surface area contributed by atoms with E-state index in [1.54, 1.807) is 4.68 Å². The SMILES string of the molecule is CCc1nn(CC2CCCNC2)c(=O)[nH]1. The summed E-state index contributed by atoms with van der Waals surface area (Å²) in [5.41, 5.74) is -0.0718. The minimum absolute atomic E-state index is 0.0718. The van der Waals surface area contributed by atoms with Crippen molar-refractivity contribution in [2.45, 2.75) is 32.7 Å². The number of H-pyrrole nitrogens is 1. The normalized spacial score (nSPS) is 21.8. The highest BCUT2D eigenvalue weighted by atomic mass is 16.1. The van der Waals surface area contributed by atoms with E-state index in [0.29, 0.717) is 5.92 Å². The van der Waals surface area contributed by atoms with Gasteiger partial charge in [-0.2, -0.15) is 5.10 Å². The van der Waals surface area contributed by atoms with Gasteiger partial charge in [0.25, 0.3) is 0 Å². The van der Waals surface area contributed by atoms with E-state index < -0.39 is 0 Å². The van der Waals surface area contributed by atoms with Gasteiger partial charge < -0.3 is 5.32 Å². The molecule has 0 spiro atoms. The van der Waals surface area contributed by atoms with Gasteiger partial charge in [-0.25, -0.2) is 9.48 Å². The van der Waals surface area contributed by atoms with Gasteiger partial charge in [0.05, 0.1) is 6.54 Å². The Morgan fingerprint density at radius 2 is 2.47 bits per heavy atom. The summed E-state index contributed by atoms with van der Waals surface area (Å²) < 4.78 is 1.57. The Morgan fingerprint density at radius 3 is 3.07 bits per heavy atom. The number of hydrogen-bond acceptors (Lipinski definition) is 3. The van der Waals surface area contributed by atoms with E-state index in [1.165, 1.54) is 12.8 Å². The topological polar surface area (TPSA) is 62.7 Å². The predicted molar refractivity (Wildman–Crippen MR) is 57.8 cm³/mol. The summed E-state index contributed by atoms with van der Waals surface area (Å²) in [4.78, 5) is 14.3. The summed E-state index contributed by atoms with van der Waals surface area (Å²) in [6.45, 7) is 4.83. The second kappa shape index (κ2) is 4.61. The molecule has 1 aliphatic heterocycles. The van der Waals surface area contributed by atoms with Crippen LogP contribution in [0.3, 0.4) is 0 Å². The Bertz CT molecular complexity index is 362. The van der Waals surface area contributed by atoms with Crippen LogP contribution in [-0.2, 0) is 13.0 Å². The van der Waals surface area contributed by atoms with E-state index in [4.69, 9.17) is 0 Å². The lowest BCUT2D eigenvalue weighted by molar-refractivity contribution is 0.321. The zero-order valence-corrected chi connectivity index (χ0v) is 9.12. The molecule has 0 bridgehead atoms. The number of aromatic amines is 1. The van der Waals surface area contributed by atoms with E-state index in [0.717, 1.165) is 31.9 Å². The molecule has 1 aromatic rings. The molecule has 1 saturated heterocycles. The van der Waals surface area contributed by atoms with E-state index in [9.17, 15) is 4.79 Å². The molecule has 5 nitrogen and oxygen atoms in total. The minimum atomic E-state index is -0.0718. The van der Waals surface area contributed by atoms with E-state index in [2.05, 4.69) is 15.4 Å². The lowest BCUT2D eigenvalue weighted by Crippen LogP contribution is -2.34. The number of nitrogens with zero attached hydrogens (tertiary/aromatic N) is 2. The first kappa shape index (κ1) is 10.4. The molecule has 0 aliphatic carbocycles. The molecule has 1 atom stereocenters. The molecular formula is C10H18N4O. The van der Waals surface area contributed by atoms with E-state index >= 15 is 0 Å². The highest BCUT2D eigenvalue weighted by molar-refractivity contribution is 4.81. The molecule has 0 amide bonds. The standard InChI is InChI=1S/C10H18N4O/c1-2-9-12-10(15)14(13-9)7-8-4-3-5-11-6-8/h8,11H,2-7H2,1H3,(H,12,13,15). The van der Waals surface area contributed by atoms with Crippen LogP contribution in [0.2, 0.25) is 0 Å². The first-order chi connectivity index (χ1) is 7.29. The van der Waals surface area contributed by atoms with Crippen molar-refractivity contribution in [1.82, 2.24) is 20.1 Å². The van der Waals surface area contributed by atoms with Gasteiger partial charge in [0.1, 0.15) is 5.82 Å². The van der Waals surface area contributed by atoms with Gasteiger partial charge in [-0.15, -0.1) is 0 Å². The average molecular weight is 210 g/mol. The largest absolute Gasteiger partial charge is 0.343 e. The van der Waals surface area contributed by atoms with Crippen LogP contribution in [0.5, 0.6) is 0 Å². The average Bonchev–Trinajstić information content (AvgIpc) is 2.61. The molecule has 5 heteroatoms. The number of piperidine rings is 1. The van der Waals surface area contributed by atoms with Gasteiger partial charge in [-0.3, -0.25) is 4.98 Å². The minimum Gasteiger partial charge on any atom is -0.316 e. The summed E-state index contributed by atoms with van der Waals surface area (Å²) >= 11 is 0. The van der Waals surface area contributed by atoms with Crippen molar-refractivity contribution in [3.63, 3.8) is 0 Å². The molecule has 2 rings (SSSR count). The number of hydrogen-bond donors (Lipinski definition) is 2. The fourth-order valence-corrected chi connectivity index (χ4v) is 2.01. The zero-order chi connectivity index (χ0) is 10.7. The summed E-state index contributed by atoms with van der Waals surface area (Å²) in [5, 5.41) is 7.59. The van der Waals surface area contributed by atoms with Crippen LogP contribution in [0.15, 0.2) is 4.79 Å². The molecule has 1 fully saturated rings. The Morgan fingerprint density at radius 1 is 1.60 bits per heavy atom. The van der Waals surface area contributed by atoms with Crippen molar-refractivity contribution in [1.29, 1.82) is 0 Å². The predicted octanol–water partition coefficient (Wildman–Crippen LogP) is 0.133. The highest BCUT2D eigenvalue weighted by Gasteiger charge is 2.15. The number of aryl methyl sites for hydroxylation is 1. The molecule has 84 valence electrons. The fourth-order valence-electron chi connectivity index (χ4n) is 2.01. The van der Waals surface area contributed by atoms with Crippen molar-refractivity contribution >= 4 is 0 Å². The van der Waals surface area contributed by atoms with E-state index in [-0.39, 0.29) is 5.69 Å². The third kappa shape index (κ3) is 2.47. The Balaban J connectivity index is 2.02. The van der Waals surface area contributed by atoms with Crippen molar-refractivity contribution in [3.05, 3.63) is 16.3 Å². The van der Waals surface area contributed by atoms with Crippen LogP contribution < -0.4 is 11.0 Å². The number of nitrogens with one attached hydrogen (secondary N) is 2. The van der Waals surface area contributed by atoms with Crippen molar-refractivity contribution in [2.24, 2.45) is 5.92 Å². The maximum Gasteiger partial charge on any atom is 0.343 e. The van der Waals surface area contributed by atoms with Gasteiger partial charge in [0.2, 0.25) is 0 Å². The van der Waals surface area contributed by atoms with Crippen LogP contribution in [0.4, 0.5) is 0 Å². The summed E-state index contributed by atoms with van der Waals surface area (Å²) in [7, 11) is 0. The summed E-state index contributed by atoms with van der Waals surface area (Å²) in [6.07, 6.45) is 3.17. The van der Waals surface area contributed by atoms with Crippen molar-refractivity contribution in [3.8, 4) is 0 Å². The first-order valence-corrected chi connectivity index (χ1v) is 5.66. The van der Waals surface area contributed by atoms with Crippen molar-refractivity contribution < 1.29 is 0 Å². The van der Waals surface area contributed by atoms with Gasteiger partial charge in [-0.1, -0.05) is 6.92 Å². The maximum absolute atomic E-state index is 11.5. The quantitative estimate of drug-likeness (QED) is 0.745. The van der Waals surface area contributed by atoms with Crippen LogP contribution in [0.25, 0.3) is 0 Å². The van der Waals surface area contributed by atoms with Crippen LogP contribution >= 0.6 is 0 Å². The third-order valence-electron chi connectivity index (χ3n) is 2.89. The molecular weight excluding hydrogens is 192 g/mol. The molecule has 0 radical (unpaired) electrons. The van der Waals surface area contributed by atoms with Crippen LogP contribution in [-0.4, -0.2) is 27.9 Å². The lowest BCUT2D eigenvalue weighted by atomic mass is 10.00. The fraction of sp³-hybridized carbons (Fsp3) is 0.800. The molecule has 1 unspecified atom stereocenters. The van der Waals surface area contributed by atoms with Crippen LogP contribution in [0, 0.1) is 5.92 Å². The molecule has 2 N–H and O–H groups in total. The van der Waals surface area contributed by atoms with Crippen molar-refractivity contribution in [2.75, 3.05) is 13.1 Å². The van der Waals surface area contributed by atoms with Gasteiger partial charge >= 0.3 is 5.69 Å². The molecule has 0 aromatic carbocycles. The number of rotatable bonds is 3.